The van der Waals surface area contributed by atoms with Gasteiger partial charge in [-0.2, -0.15) is 0 Å². The predicted molar refractivity (Wildman–Crippen MR) is 93.4 cm³/mol. The molecule has 1 aromatic rings. The third-order valence-electron chi connectivity index (χ3n) is 3.86. The van der Waals surface area contributed by atoms with Crippen molar-refractivity contribution in [3.05, 3.63) is 16.5 Å². The molecule has 1 fully saturated rings. The highest BCUT2D eigenvalue weighted by Crippen LogP contribution is 2.31. The number of nitrogens with zero attached hydrogens (tertiary/aromatic N) is 1. The lowest BCUT2D eigenvalue weighted by Crippen LogP contribution is -2.32. The number of hydrogen-bond acceptors (Lipinski definition) is 6. The molecule has 0 unspecified atom stereocenters. The number of methoxy groups -OCH3 is 1. The number of hydrogen-bond donors (Lipinski definition) is 1. The van der Waals surface area contributed by atoms with Crippen molar-refractivity contribution in [1.29, 1.82) is 0 Å². The maximum absolute atomic E-state index is 12.2. The first-order chi connectivity index (χ1) is 11.8. The van der Waals surface area contributed by atoms with Gasteiger partial charge in [-0.25, -0.2) is 4.79 Å². The molecule has 25 heavy (non-hydrogen) atoms. The largest absolute Gasteiger partial charge is 0.465 e. The summed E-state index contributed by atoms with van der Waals surface area (Å²) in [4.78, 5) is 48.5. The maximum Gasteiger partial charge on any atom is 0.341 e. The van der Waals surface area contributed by atoms with Gasteiger partial charge >= 0.3 is 5.97 Å². The molecule has 1 N–H and O–H groups in total. The van der Waals surface area contributed by atoms with Crippen LogP contribution in [0.2, 0.25) is 0 Å². The first kappa shape index (κ1) is 19.1. The molecule has 2 rings (SSSR count). The molecule has 136 valence electrons. The number of rotatable bonds is 7. The lowest BCUT2D eigenvalue weighted by Gasteiger charge is -2.13. The Balaban J connectivity index is 2.04. The van der Waals surface area contributed by atoms with E-state index in [2.05, 4.69) is 5.32 Å². The summed E-state index contributed by atoms with van der Waals surface area (Å²) in [5, 5.41) is 4.98. The van der Waals surface area contributed by atoms with E-state index in [1.54, 1.807) is 0 Å². The molecule has 0 aromatic carbocycles. The Morgan fingerprint density at radius 2 is 1.92 bits per heavy atom. The topological polar surface area (TPSA) is 92.8 Å². The van der Waals surface area contributed by atoms with Gasteiger partial charge in [0.15, 0.2) is 0 Å². The molecule has 1 saturated heterocycles. The highest BCUT2D eigenvalue weighted by atomic mass is 32.1. The number of carbonyl (C=O) groups is 4. The normalized spacial score (nSPS) is 14.3. The van der Waals surface area contributed by atoms with Crippen LogP contribution < -0.4 is 5.32 Å². The van der Waals surface area contributed by atoms with E-state index in [0.717, 1.165) is 10.5 Å². The second kappa shape index (κ2) is 8.24. The van der Waals surface area contributed by atoms with Crippen LogP contribution >= 0.6 is 11.3 Å². The molecule has 0 saturated carbocycles. The van der Waals surface area contributed by atoms with E-state index in [0.29, 0.717) is 22.9 Å². The number of likely N-dealkylation sites (tertiary alicyclic amines) is 1. The third kappa shape index (κ3) is 4.66. The number of thiophene rings is 1. The van der Waals surface area contributed by atoms with E-state index in [-0.39, 0.29) is 43.5 Å². The molecule has 2 heterocycles. The average Bonchev–Trinajstić information content (AvgIpc) is 3.08. The molecule has 8 heteroatoms. The van der Waals surface area contributed by atoms with E-state index in [4.69, 9.17) is 4.74 Å². The van der Waals surface area contributed by atoms with Gasteiger partial charge in [-0.1, -0.05) is 13.8 Å². The molecule has 0 atom stereocenters. The van der Waals surface area contributed by atoms with Gasteiger partial charge in [0.1, 0.15) is 5.00 Å². The van der Waals surface area contributed by atoms with Crippen molar-refractivity contribution in [3.8, 4) is 0 Å². The third-order valence-corrected chi connectivity index (χ3v) is 4.80. The number of nitrogens with one attached hydrogen (secondary N) is 1. The fraction of sp³-hybridized carbons (Fsp3) is 0.529. The minimum Gasteiger partial charge on any atom is -0.465 e. The molecular formula is C17H22N2O5S. The van der Waals surface area contributed by atoms with Crippen molar-refractivity contribution < 1.29 is 23.9 Å². The molecule has 1 aliphatic rings. The molecule has 3 amide bonds. The van der Waals surface area contributed by atoms with Crippen LogP contribution in [0.25, 0.3) is 0 Å². The monoisotopic (exact) mass is 366 g/mol. The fourth-order valence-electron chi connectivity index (χ4n) is 2.68. The van der Waals surface area contributed by atoms with E-state index < -0.39 is 5.97 Å². The molecule has 0 aliphatic carbocycles. The van der Waals surface area contributed by atoms with Crippen LogP contribution in [0.1, 0.15) is 49.0 Å². The van der Waals surface area contributed by atoms with Gasteiger partial charge in [0.05, 0.1) is 12.7 Å². The summed E-state index contributed by atoms with van der Waals surface area (Å²) < 4.78 is 4.83. The summed E-state index contributed by atoms with van der Waals surface area (Å²) >= 11 is 1.27. The van der Waals surface area contributed by atoms with Crippen LogP contribution in [0.15, 0.2) is 5.38 Å². The predicted octanol–water partition coefficient (Wildman–Crippen LogP) is 2.21. The number of ether oxygens (including phenoxy) is 1. The zero-order valence-electron chi connectivity index (χ0n) is 14.6. The molecule has 0 radical (unpaired) electrons. The van der Waals surface area contributed by atoms with Gasteiger partial charge < -0.3 is 10.1 Å². The smallest absolute Gasteiger partial charge is 0.341 e. The minimum absolute atomic E-state index is 0.00446. The Morgan fingerprint density at radius 3 is 2.48 bits per heavy atom. The summed E-state index contributed by atoms with van der Waals surface area (Å²) in [6.07, 6.45) is 1.11. The molecule has 1 aliphatic heterocycles. The molecule has 7 nitrogen and oxygen atoms in total. The van der Waals surface area contributed by atoms with Crippen molar-refractivity contribution in [2.45, 2.75) is 39.5 Å². The number of carbonyl (C=O) groups excluding carboxylic acids is 4. The van der Waals surface area contributed by atoms with Gasteiger partial charge in [0, 0.05) is 25.8 Å². The average molecular weight is 366 g/mol. The van der Waals surface area contributed by atoms with Crippen molar-refractivity contribution in [1.82, 2.24) is 4.90 Å². The van der Waals surface area contributed by atoms with E-state index in [9.17, 15) is 19.2 Å². The Labute approximate surface area is 150 Å². The van der Waals surface area contributed by atoms with Gasteiger partial charge in [-0.05, 0) is 23.3 Å². The van der Waals surface area contributed by atoms with E-state index in [1.807, 2.05) is 19.2 Å². The molecule has 0 spiro atoms. The van der Waals surface area contributed by atoms with E-state index >= 15 is 0 Å². The van der Waals surface area contributed by atoms with Crippen molar-refractivity contribution in [3.63, 3.8) is 0 Å². The summed E-state index contributed by atoms with van der Waals surface area (Å²) in [5.74, 6) is -0.978. The Morgan fingerprint density at radius 1 is 1.28 bits per heavy atom. The van der Waals surface area contributed by atoms with Gasteiger partial charge in [-0.3, -0.25) is 19.3 Å². The van der Waals surface area contributed by atoms with Crippen LogP contribution in [0.4, 0.5) is 5.00 Å². The standard InChI is InChI=1S/C17H22N2O5S/c1-10(2)8-11-9-25-16(15(11)17(23)24-3)18-12(20)6-7-19-13(21)4-5-14(19)22/h9-10H,4-8H2,1-3H3,(H,18,20). The molecule has 0 bridgehead atoms. The number of anilines is 1. The minimum atomic E-state index is -0.489. The van der Waals surface area contributed by atoms with Crippen LogP contribution in [-0.4, -0.2) is 42.2 Å². The summed E-state index contributed by atoms with van der Waals surface area (Å²) in [5.41, 5.74) is 1.22. The lowest BCUT2D eigenvalue weighted by molar-refractivity contribution is -0.138. The van der Waals surface area contributed by atoms with Gasteiger partial charge in [0.2, 0.25) is 17.7 Å². The first-order valence-electron chi connectivity index (χ1n) is 8.15. The van der Waals surface area contributed by atoms with Crippen LogP contribution in [-0.2, 0) is 25.5 Å². The van der Waals surface area contributed by atoms with Gasteiger partial charge in [0.25, 0.3) is 0 Å². The van der Waals surface area contributed by atoms with Crippen LogP contribution in [0, 0.1) is 5.92 Å². The number of imide groups is 1. The first-order valence-corrected chi connectivity index (χ1v) is 9.03. The van der Waals surface area contributed by atoms with Crippen molar-refractivity contribution >= 4 is 40.0 Å². The zero-order valence-corrected chi connectivity index (χ0v) is 15.4. The summed E-state index contributed by atoms with van der Waals surface area (Å²) in [6, 6.07) is 0. The summed E-state index contributed by atoms with van der Waals surface area (Å²) in [7, 11) is 1.30. The lowest BCUT2D eigenvalue weighted by atomic mass is 10.0. The Bertz CT molecular complexity index is 679. The molecule has 1 aromatic heterocycles. The highest BCUT2D eigenvalue weighted by molar-refractivity contribution is 7.15. The SMILES string of the molecule is COC(=O)c1c(CC(C)C)csc1NC(=O)CCN1C(=O)CCC1=O. The summed E-state index contributed by atoms with van der Waals surface area (Å²) in [6.45, 7) is 4.14. The quantitative estimate of drug-likeness (QED) is 0.590. The van der Waals surface area contributed by atoms with Crippen LogP contribution in [0.3, 0.4) is 0 Å². The molecular weight excluding hydrogens is 344 g/mol. The second-order valence-corrected chi connectivity index (χ2v) is 7.17. The Kier molecular flexibility index (Phi) is 6.30. The number of amides is 3. The van der Waals surface area contributed by atoms with Crippen LogP contribution in [0.5, 0.6) is 0 Å². The zero-order chi connectivity index (χ0) is 18.6. The van der Waals surface area contributed by atoms with Crippen molar-refractivity contribution in [2.75, 3.05) is 19.0 Å². The van der Waals surface area contributed by atoms with Crippen molar-refractivity contribution in [2.24, 2.45) is 5.92 Å². The fourth-order valence-corrected chi connectivity index (χ4v) is 3.66. The maximum atomic E-state index is 12.2. The number of esters is 1. The second-order valence-electron chi connectivity index (χ2n) is 6.29. The Hall–Kier alpha value is -2.22. The van der Waals surface area contributed by atoms with E-state index in [1.165, 1.54) is 18.4 Å². The van der Waals surface area contributed by atoms with Gasteiger partial charge in [-0.15, -0.1) is 11.3 Å². The highest BCUT2D eigenvalue weighted by Gasteiger charge is 2.29.